The number of nitrogens with one attached hydrogen (secondary N) is 2. The van der Waals surface area contributed by atoms with Gasteiger partial charge < -0.3 is 10.6 Å². The fourth-order valence-electron chi connectivity index (χ4n) is 10.2. The zero-order valence-corrected chi connectivity index (χ0v) is 32.7. The van der Waals surface area contributed by atoms with Gasteiger partial charge in [0.15, 0.2) is 11.6 Å². The van der Waals surface area contributed by atoms with E-state index in [4.69, 9.17) is 9.98 Å². The van der Waals surface area contributed by atoms with Crippen molar-refractivity contribution in [3.8, 4) is 11.1 Å². The van der Waals surface area contributed by atoms with Gasteiger partial charge in [-0.2, -0.15) is 0 Å². The Bertz CT molecular complexity index is 2910. The van der Waals surface area contributed by atoms with Crippen LogP contribution in [0.15, 0.2) is 167 Å². The van der Waals surface area contributed by atoms with Crippen LogP contribution in [0.5, 0.6) is 0 Å². The Morgan fingerprint density at radius 2 is 1.26 bits per heavy atom. The van der Waals surface area contributed by atoms with E-state index in [-0.39, 0.29) is 22.2 Å². The molecule has 1 fully saturated rings. The van der Waals surface area contributed by atoms with E-state index in [9.17, 15) is 0 Å². The number of aromatic nitrogens is 2. The molecule has 0 spiro atoms. The van der Waals surface area contributed by atoms with Crippen LogP contribution in [-0.4, -0.2) is 21.6 Å². The number of hydrogen-bond acceptors (Lipinski definition) is 4. The lowest BCUT2D eigenvalue weighted by molar-refractivity contribution is 0.444. The number of hydrogen-bond donors (Lipinski definition) is 2. The minimum Gasteiger partial charge on any atom is -0.343 e. The lowest BCUT2D eigenvalue weighted by Crippen LogP contribution is -2.37. The molecule has 2 aliphatic heterocycles. The quantitative estimate of drug-likeness (QED) is 0.189. The minimum atomic E-state index is -0.238. The van der Waals surface area contributed by atoms with Gasteiger partial charge in [-0.05, 0) is 92.4 Å². The van der Waals surface area contributed by atoms with Crippen molar-refractivity contribution in [1.29, 1.82) is 0 Å². The largest absolute Gasteiger partial charge is 0.343 e. The highest BCUT2D eigenvalue weighted by atomic mass is 15.1. The first-order valence-electron chi connectivity index (χ1n) is 19.8. The second kappa shape index (κ2) is 11.9. The number of nitrogens with zero attached hydrogens (tertiary/aromatic N) is 4. The van der Waals surface area contributed by atoms with Gasteiger partial charge in [-0.15, -0.1) is 0 Å². The second-order valence-corrected chi connectivity index (χ2v) is 17.1. The predicted octanol–water partition coefficient (Wildman–Crippen LogP) is 11.5. The molecule has 2 atom stereocenters. The van der Waals surface area contributed by atoms with Crippen LogP contribution in [-0.2, 0) is 10.8 Å². The summed E-state index contributed by atoms with van der Waals surface area (Å²) < 4.78 is 0. The number of anilines is 1. The summed E-state index contributed by atoms with van der Waals surface area (Å²) in [5.41, 5.74) is 14.5. The number of aliphatic imine (C=N–C) groups is 2. The molecule has 6 nitrogen and oxygen atoms in total. The number of amidine groups is 2. The highest BCUT2D eigenvalue weighted by Gasteiger charge is 2.49. The Morgan fingerprint density at radius 1 is 0.579 bits per heavy atom. The Labute approximate surface area is 333 Å². The average Bonchev–Trinajstić information content (AvgIpc) is 3.77. The molecule has 1 saturated heterocycles. The third-order valence-electron chi connectivity index (χ3n) is 13.1. The van der Waals surface area contributed by atoms with Gasteiger partial charge in [0.25, 0.3) is 0 Å². The maximum absolute atomic E-state index is 4.93. The van der Waals surface area contributed by atoms with Gasteiger partial charge >= 0.3 is 0 Å². The molecular formula is C51H42N6. The SMILES string of the molecule is CC1(C)c2ccc(-c3ccc4c5c(cccc35)C(=Nc3ccccn3)N4)cc2C(C)(C)c2ccc(C3=CC=C4NC(=Nc5ccccn5)C5=CC=CC3(C)C45)cc21. The van der Waals surface area contributed by atoms with E-state index in [1.165, 1.54) is 66.6 Å². The van der Waals surface area contributed by atoms with Crippen molar-refractivity contribution in [1.82, 2.24) is 15.3 Å². The first kappa shape index (κ1) is 33.7. The maximum atomic E-state index is 4.93. The summed E-state index contributed by atoms with van der Waals surface area (Å²) in [5, 5.41) is 9.64. The van der Waals surface area contributed by atoms with Gasteiger partial charge in [0.1, 0.15) is 11.7 Å². The number of pyridine rings is 2. The minimum absolute atomic E-state index is 0.158. The highest BCUT2D eigenvalue weighted by molar-refractivity contribution is 6.28. The van der Waals surface area contributed by atoms with Crippen LogP contribution < -0.4 is 10.6 Å². The van der Waals surface area contributed by atoms with Crippen molar-refractivity contribution in [3.63, 3.8) is 0 Å². The van der Waals surface area contributed by atoms with E-state index in [1.54, 1.807) is 12.4 Å². The van der Waals surface area contributed by atoms with Gasteiger partial charge in [-0.25, -0.2) is 20.0 Å². The summed E-state index contributed by atoms with van der Waals surface area (Å²) in [7, 11) is 0. The molecule has 6 aromatic rings. The number of fused-ring (bicyclic) bond motifs is 2. The van der Waals surface area contributed by atoms with E-state index in [1.807, 2.05) is 36.4 Å². The molecule has 0 radical (unpaired) electrons. The molecule has 4 aromatic carbocycles. The topological polar surface area (TPSA) is 74.6 Å². The fraction of sp³-hybridized carbons (Fsp3) is 0.176. The molecule has 2 aromatic heterocycles. The Hall–Kier alpha value is -6.66. The third-order valence-corrected chi connectivity index (χ3v) is 13.1. The zero-order chi connectivity index (χ0) is 38.7. The van der Waals surface area contributed by atoms with Crippen molar-refractivity contribution in [2.24, 2.45) is 21.3 Å². The monoisotopic (exact) mass is 738 g/mol. The van der Waals surface area contributed by atoms with Crippen LogP contribution in [0.25, 0.3) is 27.5 Å². The van der Waals surface area contributed by atoms with Gasteiger partial charge in [-0.1, -0.05) is 126 Å². The molecule has 5 aliphatic rings. The van der Waals surface area contributed by atoms with Crippen molar-refractivity contribution < 1.29 is 0 Å². The lowest BCUT2D eigenvalue weighted by atomic mass is 9.58. The van der Waals surface area contributed by atoms with Crippen molar-refractivity contribution in [3.05, 3.63) is 191 Å². The van der Waals surface area contributed by atoms with Gasteiger partial charge in [0.05, 0.1) is 0 Å². The van der Waals surface area contributed by atoms with Crippen molar-refractivity contribution in [2.75, 3.05) is 5.32 Å². The molecule has 4 heterocycles. The first-order chi connectivity index (χ1) is 27.6. The summed E-state index contributed by atoms with van der Waals surface area (Å²) in [6.07, 6.45) is 14.9. The van der Waals surface area contributed by atoms with Gasteiger partial charge in [0, 0.05) is 62.5 Å². The number of benzene rings is 4. The van der Waals surface area contributed by atoms with Crippen molar-refractivity contribution in [2.45, 2.75) is 45.4 Å². The third kappa shape index (κ3) is 4.89. The van der Waals surface area contributed by atoms with Crippen LogP contribution in [0.3, 0.4) is 0 Å². The second-order valence-electron chi connectivity index (χ2n) is 17.1. The predicted molar refractivity (Wildman–Crippen MR) is 233 cm³/mol. The maximum Gasteiger partial charge on any atom is 0.154 e. The Morgan fingerprint density at radius 3 is 1.96 bits per heavy atom. The molecule has 3 aliphatic carbocycles. The lowest BCUT2D eigenvalue weighted by Gasteiger charge is -2.45. The average molecular weight is 739 g/mol. The molecule has 276 valence electrons. The van der Waals surface area contributed by atoms with Crippen LogP contribution in [0.1, 0.15) is 68.0 Å². The van der Waals surface area contributed by atoms with Crippen LogP contribution >= 0.6 is 0 Å². The molecule has 11 rings (SSSR count). The first-order valence-corrected chi connectivity index (χ1v) is 19.8. The van der Waals surface area contributed by atoms with Gasteiger partial charge in [0.2, 0.25) is 0 Å². The van der Waals surface area contributed by atoms with Gasteiger partial charge in [-0.3, -0.25) is 0 Å². The van der Waals surface area contributed by atoms with E-state index < -0.39 is 0 Å². The molecule has 2 N–H and O–H groups in total. The highest BCUT2D eigenvalue weighted by Crippen LogP contribution is 2.57. The van der Waals surface area contributed by atoms with Crippen LogP contribution in [0.4, 0.5) is 17.3 Å². The standard InChI is InChI=1S/C51H42N6/c1-49(2)38-21-18-31(36-22-24-42-46-35(14-11-25-51(36,46)5)48(55-42)57-44-16-7-9-27-53-44)29-40(38)50(3,4)37-20-17-30(28-39(37)49)32-19-23-41-45-33(32)12-10-13-34(45)47(54-41)56-43-15-6-8-26-52-43/h6-29,46H,1-5H3,(H,52,54,56)(H,53,55,57). The Kier molecular flexibility index (Phi) is 7.04. The van der Waals surface area contributed by atoms with Crippen LogP contribution in [0, 0.1) is 11.3 Å². The van der Waals surface area contributed by atoms with Crippen molar-refractivity contribution >= 4 is 45.3 Å². The molecule has 0 bridgehead atoms. The molecule has 57 heavy (non-hydrogen) atoms. The summed E-state index contributed by atoms with van der Waals surface area (Å²) in [6, 6.07) is 37.1. The smallest absolute Gasteiger partial charge is 0.154 e. The normalized spacial score (nSPS) is 22.9. The number of allylic oxidation sites excluding steroid dienone is 7. The summed E-state index contributed by atoms with van der Waals surface area (Å²) in [5.74, 6) is 3.27. The molecule has 0 saturated carbocycles. The molecule has 0 amide bonds. The molecule has 6 heteroatoms. The van der Waals surface area contributed by atoms with E-state index in [0.717, 1.165) is 22.9 Å². The zero-order valence-electron chi connectivity index (χ0n) is 32.7. The molecule has 2 unspecified atom stereocenters. The van der Waals surface area contributed by atoms with E-state index in [2.05, 4.69) is 152 Å². The fourth-order valence-corrected chi connectivity index (χ4v) is 10.2. The van der Waals surface area contributed by atoms with Crippen LogP contribution in [0.2, 0.25) is 0 Å². The van der Waals surface area contributed by atoms with E-state index >= 15 is 0 Å². The summed E-state index contributed by atoms with van der Waals surface area (Å²) in [6.45, 7) is 12.0. The number of rotatable bonds is 4. The summed E-state index contributed by atoms with van der Waals surface area (Å²) >= 11 is 0. The molecular weight excluding hydrogens is 697 g/mol. The summed E-state index contributed by atoms with van der Waals surface area (Å²) in [4.78, 5) is 18.7. The van der Waals surface area contributed by atoms with E-state index in [0.29, 0.717) is 11.6 Å². The Balaban J connectivity index is 0.962.